The lowest BCUT2D eigenvalue weighted by Gasteiger charge is -2.17. The summed E-state index contributed by atoms with van der Waals surface area (Å²) in [4.78, 5) is 50.1. The minimum absolute atomic E-state index is 0.104. The van der Waals surface area contributed by atoms with E-state index in [1.807, 2.05) is 6.92 Å². The fourth-order valence-electron chi connectivity index (χ4n) is 3.65. The molecule has 13 heteroatoms. The zero-order valence-electron chi connectivity index (χ0n) is 28.7. The first-order valence-electron chi connectivity index (χ1n) is 16.2. The molecule has 2 atom stereocenters. The van der Waals surface area contributed by atoms with Gasteiger partial charge in [-0.25, -0.2) is 0 Å². The molecule has 4 N–H and O–H groups in total. The summed E-state index contributed by atoms with van der Waals surface area (Å²) >= 11 is 0. The number of aldehydes is 1. The first-order valence-corrected chi connectivity index (χ1v) is 16.2. The second-order valence-corrected chi connectivity index (χ2v) is 10.1. The standard InChI is InChI=1S/C13H26O3.C11H20BNO4.C6H14.2CH2O2/c1-3-4-5-6-7-8-9-10-12(16-2)11-13(14)15;1-2-4-10(9-15)17-11(16)5-7-13(12)6-3-8-14;1-3-5-6-4-2;2*2-1-3/h12H,3-11H2,1-2H3,(H,14,15);8,10,15H,2-7,9H2,1H3;3-6H2,1-2H3;2*1H,(H,2,3). The third-order valence-corrected chi connectivity index (χ3v) is 6.07. The van der Waals surface area contributed by atoms with Crippen molar-refractivity contribution in [2.24, 2.45) is 0 Å². The van der Waals surface area contributed by atoms with Crippen LogP contribution in [0.15, 0.2) is 0 Å². The average Bonchev–Trinajstić information content (AvgIpc) is 3.01. The van der Waals surface area contributed by atoms with Gasteiger partial charge in [-0.15, -0.1) is 0 Å². The maximum absolute atomic E-state index is 11.4. The lowest BCUT2D eigenvalue weighted by molar-refractivity contribution is -0.151. The predicted molar refractivity (Wildman–Crippen MR) is 177 cm³/mol. The highest BCUT2D eigenvalue weighted by atomic mass is 16.6. The predicted octanol–water partition coefficient (Wildman–Crippen LogP) is 5.66. The van der Waals surface area contributed by atoms with Crippen molar-refractivity contribution in [1.29, 1.82) is 0 Å². The number of methoxy groups -OCH3 is 1. The number of carboxylic acids is 1. The van der Waals surface area contributed by atoms with Gasteiger partial charge in [0.1, 0.15) is 12.4 Å². The zero-order chi connectivity index (χ0) is 35.6. The van der Waals surface area contributed by atoms with Crippen molar-refractivity contribution in [1.82, 2.24) is 4.81 Å². The molecule has 2 unspecified atom stereocenters. The Balaban J connectivity index is -0.000000175. The van der Waals surface area contributed by atoms with Gasteiger partial charge in [-0.05, 0) is 25.9 Å². The molecule has 0 aromatic heterocycles. The quantitative estimate of drug-likeness (QED) is 0.0435. The van der Waals surface area contributed by atoms with Crippen LogP contribution in [0.3, 0.4) is 0 Å². The average molecular weight is 650 g/mol. The van der Waals surface area contributed by atoms with Crippen molar-refractivity contribution in [3.8, 4) is 0 Å². The smallest absolute Gasteiger partial charge is 0.307 e. The Labute approximate surface area is 273 Å². The highest BCUT2D eigenvalue weighted by molar-refractivity contribution is 6.04. The van der Waals surface area contributed by atoms with Crippen LogP contribution < -0.4 is 0 Å². The molecule has 0 saturated heterocycles. The number of hydrogen-bond donors (Lipinski definition) is 4. The summed E-state index contributed by atoms with van der Waals surface area (Å²) in [6.07, 6.45) is 17.6. The minimum Gasteiger partial charge on any atom is -0.483 e. The van der Waals surface area contributed by atoms with E-state index in [0.29, 0.717) is 25.9 Å². The lowest BCUT2D eigenvalue weighted by Crippen LogP contribution is -2.28. The van der Waals surface area contributed by atoms with Crippen LogP contribution in [0.25, 0.3) is 0 Å². The van der Waals surface area contributed by atoms with E-state index >= 15 is 0 Å². The molecule has 0 aromatic carbocycles. The van der Waals surface area contributed by atoms with Crippen LogP contribution >= 0.6 is 0 Å². The summed E-state index contributed by atoms with van der Waals surface area (Å²) < 4.78 is 10.2. The van der Waals surface area contributed by atoms with Gasteiger partial charge in [0, 0.05) is 13.5 Å². The van der Waals surface area contributed by atoms with Crippen molar-refractivity contribution < 1.29 is 53.9 Å². The van der Waals surface area contributed by atoms with Crippen molar-refractivity contribution in [2.45, 2.75) is 149 Å². The molecule has 266 valence electrons. The molecule has 2 radical (unpaired) electrons. The van der Waals surface area contributed by atoms with E-state index < -0.39 is 12.1 Å². The maximum Gasteiger partial charge on any atom is 0.307 e. The Bertz CT molecular complexity index is 618. The number of aliphatic carboxylic acids is 1. The Morgan fingerprint density at radius 2 is 1.22 bits per heavy atom. The lowest BCUT2D eigenvalue weighted by atomic mass is 10.0. The summed E-state index contributed by atoms with van der Waals surface area (Å²) in [5.74, 6) is -1.14. The molecule has 0 aliphatic carbocycles. The summed E-state index contributed by atoms with van der Waals surface area (Å²) in [6.45, 7) is 8.75. The highest BCUT2D eigenvalue weighted by Crippen LogP contribution is 2.12. The Morgan fingerprint density at radius 1 is 0.756 bits per heavy atom. The van der Waals surface area contributed by atoms with Crippen LogP contribution in [0.5, 0.6) is 0 Å². The first-order chi connectivity index (χ1) is 21.6. The van der Waals surface area contributed by atoms with Gasteiger partial charge in [0.05, 0.1) is 25.6 Å². The fourth-order valence-corrected chi connectivity index (χ4v) is 3.65. The molecule has 0 fully saturated rings. The van der Waals surface area contributed by atoms with Crippen molar-refractivity contribution in [2.75, 3.05) is 26.8 Å². The van der Waals surface area contributed by atoms with Gasteiger partial charge in [-0.1, -0.05) is 105 Å². The fraction of sp³-hybridized carbons (Fsp3) is 0.844. The molecule has 12 nitrogen and oxygen atoms in total. The van der Waals surface area contributed by atoms with E-state index in [9.17, 15) is 14.4 Å². The maximum atomic E-state index is 11.4. The van der Waals surface area contributed by atoms with Gasteiger partial charge >= 0.3 is 11.9 Å². The van der Waals surface area contributed by atoms with Gasteiger partial charge < -0.3 is 39.5 Å². The van der Waals surface area contributed by atoms with Gasteiger partial charge in [-0.3, -0.25) is 19.2 Å². The van der Waals surface area contributed by atoms with E-state index in [1.165, 1.54) is 69.0 Å². The van der Waals surface area contributed by atoms with Crippen LogP contribution in [0, 0.1) is 0 Å². The van der Waals surface area contributed by atoms with E-state index in [2.05, 4.69) is 20.8 Å². The molecule has 0 spiro atoms. The molecule has 0 heterocycles. The van der Waals surface area contributed by atoms with Crippen LogP contribution in [0.1, 0.15) is 137 Å². The van der Waals surface area contributed by atoms with Crippen molar-refractivity contribution in [3.05, 3.63) is 0 Å². The van der Waals surface area contributed by atoms with Crippen molar-refractivity contribution in [3.63, 3.8) is 0 Å². The topological polar surface area (TPSA) is 188 Å². The molecule has 0 aliphatic heterocycles. The number of ether oxygens (including phenoxy) is 2. The molecular weight excluding hydrogens is 585 g/mol. The Hall–Kier alpha value is -2.51. The summed E-state index contributed by atoms with van der Waals surface area (Å²) in [5.41, 5.74) is 0. The van der Waals surface area contributed by atoms with Crippen LogP contribution in [0.2, 0.25) is 0 Å². The van der Waals surface area contributed by atoms with Gasteiger partial charge in [0.15, 0.2) is 7.98 Å². The molecule has 0 rings (SSSR count). The Morgan fingerprint density at radius 3 is 1.62 bits per heavy atom. The normalized spacial score (nSPS) is 10.9. The van der Waals surface area contributed by atoms with Crippen LogP contribution in [-0.4, -0.2) is 103 Å². The first kappa shape index (κ1) is 52.0. The molecule has 0 bridgehead atoms. The number of carbonyl (C=O) groups is 5. The number of esters is 1. The second kappa shape index (κ2) is 48.4. The number of rotatable bonds is 24. The largest absolute Gasteiger partial charge is 0.483 e. The van der Waals surface area contributed by atoms with Crippen LogP contribution in [-0.2, 0) is 33.4 Å². The molecular formula is C32H64BNO11. The summed E-state index contributed by atoms with van der Waals surface area (Å²) in [7, 11) is 7.14. The second-order valence-electron chi connectivity index (χ2n) is 10.1. The van der Waals surface area contributed by atoms with E-state index in [-0.39, 0.29) is 44.5 Å². The van der Waals surface area contributed by atoms with Gasteiger partial charge in [-0.2, -0.15) is 0 Å². The van der Waals surface area contributed by atoms with E-state index in [4.69, 9.17) is 47.5 Å². The number of unbranched alkanes of at least 4 members (excludes halogenated alkanes) is 9. The summed E-state index contributed by atoms with van der Waals surface area (Å²) in [5, 5.41) is 31.4. The molecule has 0 amide bonds. The van der Waals surface area contributed by atoms with Crippen molar-refractivity contribution >= 4 is 39.2 Å². The third-order valence-electron chi connectivity index (χ3n) is 6.07. The Kier molecular flexibility index (Phi) is 56.0. The van der Waals surface area contributed by atoms with E-state index in [0.717, 1.165) is 25.5 Å². The van der Waals surface area contributed by atoms with E-state index in [1.54, 1.807) is 7.11 Å². The number of carboxylic acid groups (broad SMARTS) is 3. The number of aliphatic hydroxyl groups excluding tert-OH is 1. The molecule has 45 heavy (non-hydrogen) atoms. The summed E-state index contributed by atoms with van der Waals surface area (Å²) in [6, 6.07) is 0. The molecule has 0 saturated carbocycles. The van der Waals surface area contributed by atoms with Gasteiger partial charge in [0.2, 0.25) is 0 Å². The number of aliphatic hydroxyl groups is 1. The number of hydrogen-bond acceptors (Lipinski definition) is 9. The molecule has 0 aromatic rings. The number of nitrogens with zero attached hydrogens (tertiary/aromatic N) is 1. The number of carbonyl (C=O) groups excluding carboxylic acids is 2. The third kappa shape index (κ3) is 57.7. The molecule has 0 aliphatic rings. The van der Waals surface area contributed by atoms with Gasteiger partial charge in [0.25, 0.3) is 12.9 Å². The minimum atomic E-state index is -0.769. The highest BCUT2D eigenvalue weighted by Gasteiger charge is 2.13. The zero-order valence-corrected chi connectivity index (χ0v) is 28.7. The van der Waals surface area contributed by atoms with Crippen LogP contribution in [0.4, 0.5) is 0 Å². The monoisotopic (exact) mass is 649 g/mol. The SMILES string of the molecule is CCCCCC.CCCCCCCCCC(CC(=O)O)OC.O=CO.O=CO.[B]N(CCC=O)CCC(=O)OC(CO)CCC.